The zero-order chi connectivity index (χ0) is 30.0. The van der Waals surface area contributed by atoms with E-state index < -0.39 is 5.82 Å². The standard InChI is InChI=1S/C32H37ClFN5O3/c1-21-4-6-27(15-29(21)33)39(31(41)24-8-12-37(13-9-24)22(2)40)11-3-10-36-17-25-19-38(20-26(25)18-36)32(42)28-7-5-23(16-35)14-30(28)34/h4-7,14-15,24-26H,3,8-13,17-20H2,1-2H3. The Morgan fingerprint density at radius 1 is 1.02 bits per heavy atom. The Bertz CT molecular complexity index is 1390. The van der Waals surface area contributed by atoms with Gasteiger partial charge >= 0.3 is 0 Å². The van der Waals surface area contributed by atoms with Crippen LogP contribution in [0.4, 0.5) is 10.1 Å². The number of carbonyl (C=O) groups is 3. The van der Waals surface area contributed by atoms with Crippen LogP contribution in [0.1, 0.15) is 47.7 Å². The number of fused-ring (bicyclic) bond motifs is 1. The number of piperidine rings is 1. The van der Waals surface area contributed by atoms with Gasteiger partial charge in [-0.1, -0.05) is 17.7 Å². The van der Waals surface area contributed by atoms with Crippen molar-refractivity contribution in [3.63, 3.8) is 0 Å². The number of hydrogen-bond acceptors (Lipinski definition) is 5. The molecule has 3 aliphatic rings. The molecule has 3 amide bonds. The molecule has 42 heavy (non-hydrogen) atoms. The van der Waals surface area contributed by atoms with E-state index in [1.165, 1.54) is 12.1 Å². The summed E-state index contributed by atoms with van der Waals surface area (Å²) < 4.78 is 14.4. The van der Waals surface area contributed by atoms with Crippen LogP contribution < -0.4 is 4.90 Å². The lowest BCUT2D eigenvalue weighted by molar-refractivity contribution is -0.133. The van der Waals surface area contributed by atoms with Gasteiger partial charge in [0.1, 0.15) is 5.82 Å². The molecular weight excluding hydrogens is 557 g/mol. The Labute approximate surface area is 251 Å². The molecule has 2 aromatic carbocycles. The molecule has 3 aliphatic heterocycles. The average molecular weight is 594 g/mol. The molecule has 3 saturated heterocycles. The number of likely N-dealkylation sites (tertiary alicyclic amines) is 3. The molecule has 2 aromatic rings. The van der Waals surface area contributed by atoms with E-state index >= 15 is 0 Å². The van der Waals surface area contributed by atoms with Gasteiger partial charge in [-0.15, -0.1) is 0 Å². The molecule has 8 nitrogen and oxygen atoms in total. The topological polar surface area (TPSA) is 88.0 Å². The number of benzene rings is 2. The summed E-state index contributed by atoms with van der Waals surface area (Å²) in [4.78, 5) is 46.3. The van der Waals surface area contributed by atoms with Gasteiger partial charge in [0, 0.05) is 69.4 Å². The Morgan fingerprint density at radius 2 is 1.71 bits per heavy atom. The van der Waals surface area contributed by atoms with Crippen molar-refractivity contribution in [2.45, 2.75) is 33.1 Å². The fourth-order valence-corrected chi connectivity index (χ4v) is 6.77. The molecular formula is C32H37ClFN5O3. The minimum atomic E-state index is -0.656. The lowest BCUT2D eigenvalue weighted by Crippen LogP contribution is -2.44. The minimum absolute atomic E-state index is 0.0127. The number of aryl methyl sites for hydroxylation is 1. The molecule has 5 rings (SSSR count). The van der Waals surface area contributed by atoms with E-state index in [2.05, 4.69) is 4.90 Å². The number of hydrogen-bond donors (Lipinski definition) is 0. The number of nitrogens with zero attached hydrogens (tertiary/aromatic N) is 5. The van der Waals surface area contributed by atoms with Crippen LogP contribution in [0.3, 0.4) is 0 Å². The lowest BCUT2D eigenvalue weighted by atomic mass is 9.94. The van der Waals surface area contributed by atoms with Gasteiger partial charge in [0.25, 0.3) is 5.91 Å². The highest BCUT2D eigenvalue weighted by Crippen LogP contribution is 2.33. The minimum Gasteiger partial charge on any atom is -0.343 e. The maximum absolute atomic E-state index is 14.4. The van der Waals surface area contributed by atoms with Gasteiger partial charge < -0.3 is 19.6 Å². The van der Waals surface area contributed by atoms with E-state index in [0.29, 0.717) is 62.4 Å². The van der Waals surface area contributed by atoms with Gasteiger partial charge in [0.05, 0.1) is 17.2 Å². The van der Waals surface area contributed by atoms with Gasteiger partial charge in [-0.05, 0) is 80.5 Å². The zero-order valence-corrected chi connectivity index (χ0v) is 24.9. The molecule has 0 N–H and O–H groups in total. The maximum Gasteiger partial charge on any atom is 0.256 e. The maximum atomic E-state index is 14.4. The SMILES string of the molecule is CC(=O)N1CCC(C(=O)N(CCCN2CC3CN(C(=O)c4ccc(C#N)cc4F)CC3C2)c2ccc(C)c(Cl)c2)CC1. The summed E-state index contributed by atoms with van der Waals surface area (Å²) in [7, 11) is 0. The van der Waals surface area contributed by atoms with E-state index in [-0.39, 0.29) is 34.8 Å². The molecule has 2 unspecified atom stereocenters. The van der Waals surface area contributed by atoms with E-state index in [9.17, 15) is 18.8 Å². The molecule has 3 heterocycles. The van der Waals surface area contributed by atoms with Gasteiger partial charge in [-0.25, -0.2) is 4.39 Å². The molecule has 222 valence electrons. The van der Waals surface area contributed by atoms with Gasteiger partial charge in [0.15, 0.2) is 0 Å². The zero-order valence-electron chi connectivity index (χ0n) is 24.2. The highest BCUT2D eigenvalue weighted by atomic mass is 35.5. The third-order valence-corrected chi connectivity index (χ3v) is 9.46. The fraction of sp³-hybridized carbons (Fsp3) is 0.500. The molecule has 3 fully saturated rings. The van der Waals surface area contributed by atoms with Crippen LogP contribution in [0.5, 0.6) is 0 Å². The van der Waals surface area contributed by atoms with Gasteiger partial charge in [-0.2, -0.15) is 5.26 Å². The highest BCUT2D eigenvalue weighted by Gasteiger charge is 2.42. The van der Waals surface area contributed by atoms with Gasteiger partial charge in [-0.3, -0.25) is 14.4 Å². The Kier molecular flexibility index (Phi) is 9.14. The molecule has 0 aliphatic carbocycles. The van der Waals surface area contributed by atoms with E-state index in [1.54, 1.807) is 16.7 Å². The first-order valence-corrected chi connectivity index (χ1v) is 15.1. The van der Waals surface area contributed by atoms with E-state index in [0.717, 1.165) is 43.4 Å². The van der Waals surface area contributed by atoms with Crippen molar-refractivity contribution < 1.29 is 18.8 Å². The summed E-state index contributed by atoms with van der Waals surface area (Å²) >= 11 is 6.44. The number of amides is 3. The normalized spacial score (nSPS) is 20.8. The van der Waals surface area contributed by atoms with Crippen molar-refractivity contribution in [1.82, 2.24) is 14.7 Å². The van der Waals surface area contributed by atoms with Crippen molar-refractivity contribution in [2.75, 3.05) is 57.3 Å². The van der Waals surface area contributed by atoms with Crippen molar-refractivity contribution in [3.8, 4) is 6.07 Å². The third-order valence-electron chi connectivity index (χ3n) is 9.06. The molecule has 0 saturated carbocycles. The van der Waals surface area contributed by atoms with Gasteiger partial charge in [0.2, 0.25) is 11.8 Å². The summed E-state index contributed by atoms with van der Waals surface area (Å²) in [5.41, 5.74) is 1.97. The Balaban J connectivity index is 1.16. The van der Waals surface area contributed by atoms with Crippen LogP contribution in [0, 0.1) is 41.8 Å². The van der Waals surface area contributed by atoms with E-state index in [4.69, 9.17) is 16.9 Å². The Hall–Kier alpha value is -3.48. The summed E-state index contributed by atoms with van der Waals surface area (Å²) in [6, 6.07) is 11.6. The predicted octanol–water partition coefficient (Wildman–Crippen LogP) is 4.34. The smallest absolute Gasteiger partial charge is 0.256 e. The molecule has 10 heteroatoms. The van der Waals surface area contributed by atoms with Crippen molar-refractivity contribution in [3.05, 3.63) is 63.9 Å². The van der Waals surface area contributed by atoms with Crippen LogP contribution in [-0.2, 0) is 9.59 Å². The first-order chi connectivity index (χ1) is 20.1. The lowest BCUT2D eigenvalue weighted by Gasteiger charge is -2.34. The number of halogens is 2. The van der Waals surface area contributed by atoms with Crippen molar-refractivity contribution >= 4 is 35.0 Å². The molecule has 2 atom stereocenters. The third kappa shape index (κ3) is 6.45. The second kappa shape index (κ2) is 12.8. The summed E-state index contributed by atoms with van der Waals surface area (Å²) in [6.45, 7) is 9.00. The number of rotatable bonds is 7. The van der Waals surface area contributed by atoms with Crippen LogP contribution in [0.15, 0.2) is 36.4 Å². The summed E-state index contributed by atoms with van der Waals surface area (Å²) in [5, 5.41) is 9.60. The number of anilines is 1. The predicted molar refractivity (Wildman–Crippen MR) is 159 cm³/mol. The van der Waals surface area contributed by atoms with Crippen LogP contribution in [-0.4, -0.2) is 84.8 Å². The van der Waals surface area contributed by atoms with Crippen LogP contribution >= 0.6 is 11.6 Å². The highest BCUT2D eigenvalue weighted by molar-refractivity contribution is 6.31. The van der Waals surface area contributed by atoms with E-state index in [1.807, 2.05) is 36.1 Å². The molecule has 0 radical (unpaired) electrons. The first kappa shape index (κ1) is 30.0. The average Bonchev–Trinajstić information content (AvgIpc) is 3.55. The second-order valence-electron chi connectivity index (χ2n) is 11.9. The number of carbonyl (C=O) groups excluding carboxylic acids is 3. The van der Waals surface area contributed by atoms with Crippen LogP contribution in [0.2, 0.25) is 5.02 Å². The molecule has 0 aromatic heterocycles. The quantitative estimate of drug-likeness (QED) is 0.476. The molecule has 0 bridgehead atoms. The van der Waals surface area contributed by atoms with Crippen LogP contribution in [0.25, 0.3) is 0 Å². The summed E-state index contributed by atoms with van der Waals surface area (Å²) in [6.07, 6.45) is 2.11. The van der Waals surface area contributed by atoms with Crippen molar-refractivity contribution in [2.24, 2.45) is 17.8 Å². The number of nitriles is 1. The molecule has 0 spiro atoms. The Morgan fingerprint density at radius 3 is 2.31 bits per heavy atom. The monoisotopic (exact) mass is 593 g/mol. The first-order valence-electron chi connectivity index (χ1n) is 14.7. The summed E-state index contributed by atoms with van der Waals surface area (Å²) in [5.74, 6) is -0.315. The van der Waals surface area contributed by atoms with Crippen molar-refractivity contribution in [1.29, 1.82) is 5.26 Å². The fourth-order valence-electron chi connectivity index (χ4n) is 6.60. The largest absolute Gasteiger partial charge is 0.343 e. The second-order valence-corrected chi connectivity index (χ2v) is 12.3.